The van der Waals surface area contributed by atoms with Crippen LogP contribution in [0.15, 0.2) is 36.4 Å². The van der Waals surface area contributed by atoms with Gasteiger partial charge < -0.3 is 10.2 Å². The molecule has 4 nitrogen and oxygen atoms in total. The summed E-state index contributed by atoms with van der Waals surface area (Å²) in [5.41, 5.74) is 2.26. The van der Waals surface area contributed by atoms with Gasteiger partial charge in [-0.05, 0) is 55.6 Å². The van der Waals surface area contributed by atoms with Gasteiger partial charge in [-0.25, -0.2) is 0 Å². The molecule has 1 aromatic rings. The fraction of sp³-hybridized carbons (Fsp3) is 0.545. The molecule has 3 aliphatic rings. The van der Waals surface area contributed by atoms with Gasteiger partial charge in [0, 0.05) is 24.7 Å². The number of fused-ring (bicyclic) bond motifs is 1. The number of amides is 2. The fourth-order valence-electron chi connectivity index (χ4n) is 4.34. The summed E-state index contributed by atoms with van der Waals surface area (Å²) < 4.78 is 0. The van der Waals surface area contributed by atoms with Crippen molar-refractivity contribution in [2.45, 2.75) is 57.4 Å². The lowest BCUT2D eigenvalue weighted by Gasteiger charge is -2.18. The van der Waals surface area contributed by atoms with Gasteiger partial charge in [-0.15, -0.1) is 0 Å². The van der Waals surface area contributed by atoms with Crippen molar-refractivity contribution in [2.75, 3.05) is 11.4 Å². The second-order valence-electron chi connectivity index (χ2n) is 8.01. The minimum absolute atomic E-state index is 0.00528. The van der Waals surface area contributed by atoms with Gasteiger partial charge in [-0.3, -0.25) is 9.59 Å². The van der Waals surface area contributed by atoms with Gasteiger partial charge in [0.05, 0.1) is 6.04 Å². The summed E-state index contributed by atoms with van der Waals surface area (Å²) >= 11 is 0. The Kier molecular flexibility index (Phi) is 5.09. The van der Waals surface area contributed by atoms with Crippen molar-refractivity contribution in [2.24, 2.45) is 11.8 Å². The molecule has 1 atom stereocenters. The van der Waals surface area contributed by atoms with Crippen molar-refractivity contribution < 1.29 is 9.59 Å². The molecule has 26 heavy (non-hydrogen) atoms. The van der Waals surface area contributed by atoms with E-state index in [0.29, 0.717) is 18.3 Å². The van der Waals surface area contributed by atoms with Crippen LogP contribution in [-0.4, -0.2) is 24.4 Å². The molecule has 2 aliphatic carbocycles. The third-order valence-corrected chi connectivity index (χ3v) is 6.01. The first-order chi connectivity index (χ1) is 12.7. The molecule has 1 aliphatic heterocycles. The maximum atomic E-state index is 12.6. The number of anilines is 1. The molecule has 0 saturated heterocycles. The molecule has 2 saturated carbocycles. The number of nitrogens with zero attached hydrogens (tertiary/aromatic N) is 1. The van der Waals surface area contributed by atoms with Crippen molar-refractivity contribution in [3.63, 3.8) is 0 Å². The van der Waals surface area contributed by atoms with Gasteiger partial charge in [0.25, 0.3) is 5.91 Å². The standard InChI is InChI=1S/C22H28N2O2/c25-21(15-16-5-1-2-6-16)23-19(17-9-10-17)11-12-22(26)24-14-13-18-7-3-4-8-20(18)24/h3-4,7-8,11-12,16-17,19H,1-2,5-6,9-10,13-15H2,(H,23,25). The Bertz CT molecular complexity index is 702. The van der Waals surface area contributed by atoms with Crippen molar-refractivity contribution >= 4 is 17.5 Å². The minimum atomic E-state index is 0.00528. The van der Waals surface area contributed by atoms with Crippen LogP contribution >= 0.6 is 0 Å². The summed E-state index contributed by atoms with van der Waals surface area (Å²) in [4.78, 5) is 26.9. The lowest BCUT2D eigenvalue weighted by atomic mass is 10.0. The Morgan fingerprint density at radius 3 is 2.69 bits per heavy atom. The van der Waals surface area contributed by atoms with E-state index in [2.05, 4.69) is 11.4 Å². The lowest BCUT2D eigenvalue weighted by molar-refractivity contribution is -0.122. The van der Waals surface area contributed by atoms with Gasteiger partial charge in [0.15, 0.2) is 0 Å². The van der Waals surface area contributed by atoms with Gasteiger partial charge in [0.2, 0.25) is 5.91 Å². The normalized spacial score (nSPS) is 21.2. The predicted molar refractivity (Wildman–Crippen MR) is 103 cm³/mol. The zero-order valence-corrected chi connectivity index (χ0v) is 15.3. The molecule has 1 unspecified atom stereocenters. The Labute approximate surface area is 155 Å². The molecule has 2 amide bonds. The Morgan fingerprint density at radius 1 is 1.15 bits per heavy atom. The molecular weight excluding hydrogens is 324 g/mol. The van der Waals surface area contributed by atoms with Crippen LogP contribution in [-0.2, 0) is 16.0 Å². The van der Waals surface area contributed by atoms with E-state index in [9.17, 15) is 9.59 Å². The van der Waals surface area contributed by atoms with Crippen molar-refractivity contribution in [3.8, 4) is 0 Å². The van der Waals surface area contributed by atoms with Crippen molar-refractivity contribution in [1.29, 1.82) is 0 Å². The fourth-order valence-corrected chi connectivity index (χ4v) is 4.34. The molecule has 0 radical (unpaired) electrons. The molecule has 1 aromatic carbocycles. The number of nitrogens with one attached hydrogen (secondary N) is 1. The predicted octanol–water partition coefficient (Wildman–Crippen LogP) is 3.61. The first-order valence-electron chi connectivity index (χ1n) is 10.1. The Morgan fingerprint density at radius 2 is 1.92 bits per heavy atom. The second-order valence-corrected chi connectivity index (χ2v) is 8.01. The zero-order valence-electron chi connectivity index (χ0n) is 15.3. The summed E-state index contributed by atoms with van der Waals surface area (Å²) in [7, 11) is 0. The van der Waals surface area contributed by atoms with Crippen LogP contribution in [0.3, 0.4) is 0 Å². The van der Waals surface area contributed by atoms with Gasteiger partial charge >= 0.3 is 0 Å². The van der Waals surface area contributed by atoms with E-state index >= 15 is 0 Å². The van der Waals surface area contributed by atoms with Crippen LogP contribution in [0, 0.1) is 11.8 Å². The highest BCUT2D eigenvalue weighted by Crippen LogP contribution is 2.34. The molecule has 4 rings (SSSR count). The first-order valence-corrected chi connectivity index (χ1v) is 10.1. The molecule has 0 bridgehead atoms. The average Bonchev–Trinajstić information content (AvgIpc) is 3.19. The highest BCUT2D eigenvalue weighted by atomic mass is 16.2. The summed E-state index contributed by atoms with van der Waals surface area (Å²) in [5, 5.41) is 3.17. The smallest absolute Gasteiger partial charge is 0.250 e. The number of carbonyl (C=O) groups is 2. The number of rotatable bonds is 6. The van der Waals surface area contributed by atoms with E-state index in [1.807, 2.05) is 29.2 Å². The molecule has 1 heterocycles. The largest absolute Gasteiger partial charge is 0.350 e. The second kappa shape index (κ2) is 7.65. The molecule has 138 valence electrons. The van der Waals surface area contributed by atoms with E-state index in [-0.39, 0.29) is 17.9 Å². The SMILES string of the molecule is O=C(CC1CCCC1)NC(C=CC(=O)N1CCc2ccccc21)C1CC1. The summed E-state index contributed by atoms with van der Waals surface area (Å²) in [6.45, 7) is 0.741. The highest BCUT2D eigenvalue weighted by molar-refractivity contribution is 6.03. The number of para-hydroxylation sites is 1. The Balaban J connectivity index is 1.36. The molecular formula is C22H28N2O2. The van der Waals surface area contributed by atoms with E-state index in [1.165, 1.54) is 31.2 Å². The zero-order chi connectivity index (χ0) is 17.9. The van der Waals surface area contributed by atoms with E-state index in [1.54, 1.807) is 6.08 Å². The summed E-state index contributed by atoms with van der Waals surface area (Å²) in [6.07, 6.45) is 12.3. The quantitative estimate of drug-likeness (QED) is 0.795. The molecule has 2 fully saturated rings. The first kappa shape index (κ1) is 17.3. The summed E-state index contributed by atoms with van der Waals surface area (Å²) in [6, 6.07) is 8.10. The maximum absolute atomic E-state index is 12.6. The van der Waals surface area contributed by atoms with Crippen LogP contribution in [0.25, 0.3) is 0 Å². The minimum Gasteiger partial charge on any atom is -0.350 e. The topological polar surface area (TPSA) is 49.4 Å². The maximum Gasteiger partial charge on any atom is 0.250 e. The molecule has 0 aromatic heterocycles. The average molecular weight is 352 g/mol. The van der Waals surface area contributed by atoms with Crippen LogP contribution in [0.2, 0.25) is 0 Å². The third kappa shape index (κ3) is 4.00. The number of hydrogen-bond donors (Lipinski definition) is 1. The van der Waals surface area contributed by atoms with E-state index < -0.39 is 0 Å². The molecule has 1 N–H and O–H groups in total. The van der Waals surface area contributed by atoms with Crippen LogP contribution in [0.4, 0.5) is 5.69 Å². The number of hydrogen-bond acceptors (Lipinski definition) is 2. The molecule has 0 spiro atoms. The Hall–Kier alpha value is -2.10. The van der Waals surface area contributed by atoms with E-state index in [4.69, 9.17) is 0 Å². The van der Waals surface area contributed by atoms with Gasteiger partial charge in [-0.2, -0.15) is 0 Å². The third-order valence-electron chi connectivity index (χ3n) is 6.01. The van der Waals surface area contributed by atoms with Crippen LogP contribution in [0.1, 0.15) is 50.5 Å². The highest BCUT2D eigenvalue weighted by Gasteiger charge is 2.32. The lowest BCUT2D eigenvalue weighted by Crippen LogP contribution is -2.36. The van der Waals surface area contributed by atoms with Crippen LogP contribution in [0.5, 0.6) is 0 Å². The van der Waals surface area contributed by atoms with Gasteiger partial charge in [-0.1, -0.05) is 37.1 Å². The number of carbonyl (C=O) groups excluding carboxylic acids is 2. The van der Waals surface area contributed by atoms with Crippen molar-refractivity contribution in [3.05, 3.63) is 42.0 Å². The van der Waals surface area contributed by atoms with Gasteiger partial charge in [0.1, 0.15) is 0 Å². The van der Waals surface area contributed by atoms with Crippen molar-refractivity contribution in [1.82, 2.24) is 5.32 Å². The monoisotopic (exact) mass is 352 g/mol. The molecule has 4 heteroatoms. The number of benzene rings is 1. The summed E-state index contributed by atoms with van der Waals surface area (Å²) in [5.74, 6) is 1.22. The van der Waals surface area contributed by atoms with Crippen LogP contribution < -0.4 is 10.2 Å². The van der Waals surface area contributed by atoms with E-state index in [0.717, 1.165) is 31.5 Å².